The summed E-state index contributed by atoms with van der Waals surface area (Å²) in [6.45, 7) is 0.388. The molecule has 0 aliphatic heterocycles. The minimum absolute atomic E-state index is 0.203. The van der Waals surface area contributed by atoms with Crippen molar-refractivity contribution < 1.29 is 9.53 Å². The molecule has 4 N–H and O–H groups in total. The summed E-state index contributed by atoms with van der Waals surface area (Å²) in [6.07, 6.45) is 3.65. The first-order chi connectivity index (χ1) is 9.70. The molecule has 1 amide bonds. The molecule has 0 saturated heterocycles. The number of nitrogens with zero attached hydrogens (tertiary/aromatic N) is 1. The van der Waals surface area contributed by atoms with Gasteiger partial charge in [-0.2, -0.15) is 0 Å². The smallest absolute Gasteiger partial charge is 0.237 e. The Balaban J connectivity index is 1.88. The highest BCUT2D eigenvalue weighted by Crippen LogP contribution is 2.16. The lowest BCUT2D eigenvalue weighted by atomic mass is 10.1. The average molecular weight is 274 g/mol. The van der Waals surface area contributed by atoms with Crippen molar-refractivity contribution in [3.63, 3.8) is 0 Å². The molecule has 0 unspecified atom stereocenters. The standard InChI is InChI=1S/C14H18N4O2/c1-20-13-5-3-2-4-10(13)7-17-14(19)12(15)6-11-8-16-9-18-11/h2-5,8-9,12H,6-7,15H2,1H3,(H,16,18)(H,17,19)/t12-/m0/s1. The molecule has 0 radical (unpaired) electrons. The first-order valence-corrected chi connectivity index (χ1v) is 6.33. The van der Waals surface area contributed by atoms with Gasteiger partial charge in [-0.05, 0) is 6.07 Å². The van der Waals surface area contributed by atoms with Crippen LogP contribution in [0.1, 0.15) is 11.3 Å². The molecule has 1 aromatic heterocycles. The monoisotopic (exact) mass is 274 g/mol. The molecule has 0 aliphatic rings. The lowest BCUT2D eigenvalue weighted by Crippen LogP contribution is -2.41. The van der Waals surface area contributed by atoms with Crippen molar-refractivity contribution in [1.29, 1.82) is 0 Å². The van der Waals surface area contributed by atoms with Gasteiger partial charge in [0.25, 0.3) is 0 Å². The van der Waals surface area contributed by atoms with Gasteiger partial charge < -0.3 is 20.8 Å². The maximum absolute atomic E-state index is 11.9. The molecule has 2 aromatic rings. The van der Waals surface area contributed by atoms with E-state index in [0.29, 0.717) is 13.0 Å². The number of nitrogens with two attached hydrogens (primary N) is 1. The highest BCUT2D eigenvalue weighted by Gasteiger charge is 2.15. The number of imidazole rings is 1. The first-order valence-electron chi connectivity index (χ1n) is 6.33. The Kier molecular flexibility index (Phi) is 4.73. The minimum atomic E-state index is -0.606. The molecular formula is C14H18N4O2. The fourth-order valence-corrected chi connectivity index (χ4v) is 1.89. The third-order valence-corrected chi connectivity index (χ3v) is 2.98. The van der Waals surface area contributed by atoms with Crippen molar-refractivity contribution >= 4 is 5.91 Å². The van der Waals surface area contributed by atoms with Crippen molar-refractivity contribution in [2.24, 2.45) is 5.73 Å². The topological polar surface area (TPSA) is 93.0 Å². The van der Waals surface area contributed by atoms with E-state index in [-0.39, 0.29) is 5.91 Å². The van der Waals surface area contributed by atoms with E-state index in [9.17, 15) is 4.79 Å². The largest absolute Gasteiger partial charge is 0.496 e. The summed E-state index contributed by atoms with van der Waals surface area (Å²) in [5, 5.41) is 2.81. The summed E-state index contributed by atoms with van der Waals surface area (Å²) in [4.78, 5) is 18.7. The van der Waals surface area contributed by atoms with Gasteiger partial charge in [-0.3, -0.25) is 4.79 Å². The molecule has 20 heavy (non-hydrogen) atoms. The SMILES string of the molecule is COc1ccccc1CNC(=O)[C@@H](N)Cc1cnc[nH]1. The number of carbonyl (C=O) groups is 1. The number of para-hydroxylation sites is 1. The number of hydrogen-bond acceptors (Lipinski definition) is 4. The molecule has 106 valence electrons. The van der Waals surface area contributed by atoms with Gasteiger partial charge in [-0.15, -0.1) is 0 Å². The van der Waals surface area contributed by atoms with Crippen LogP contribution in [0, 0.1) is 0 Å². The third-order valence-electron chi connectivity index (χ3n) is 2.98. The van der Waals surface area contributed by atoms with Crippen LogP contribution in [0.2, 0.25) is 0 Å². The molecule has 0 bridgehead atoms. The number of rotatable bonds is 6. The fraction of sp³-hybridized carbons (Fsp3) is 0.286. The summed E-state index contributed by atoms with van der Waals surface area (Å²) in [6, 6.07) is 6.93. The summed E-state index contributed by atoms with van der Waals surface area (Å²) in [5.74, 6) is 0.542. The van der Waals surface area contributed by atoms with Crippen molar-refractivity contribution in [3.05, 3.63) is 48.0 Å². The second kappa shape index (κ2) is 6.72. The van der Waals surface area contributed by atoms with Crippen LogP contribution >= 0.6 is 0 Å². The van der Waals surface area contributed by atoms with E-state index in [1.165, 1.54) is 0 Å². The van der Waals surface area contributed by atoms with Crippen LogP contribution in [0.3, 0.4) is 0 Å². The predicted octanol–water partition coefficient (Wildman–Crippen LogP) is 0.604. The third kappa shape index (κ3) is 3.58. The number of ether oxygens (including phenoxy) is 1. The number of methoxy groups -OCH3 is 1. The van der Waals surface area contributed by atoms with E-state index in [2.05, 4.69) is 15.3 Å². The molecule has 6 nitrogen and oxygen atoms in total. The fourth-order valence-electron chi connectivity index (χ4n) is 1.89. The Labute approximate surface area is 117 Å². The van der Waals surface area contributed by atoms with Gasteiger partial charge in [0.2, 0.25) is 5.91 Å². The summed E-state index contributed by atoms with van der Waals surface area (Å²) < 4.78 is 5.23. The summed E-state index contributed by atoms with van der Waals surface area (Å²) in [5.41, 5.74) is 7.60. The van der Waals surface area contributed by atoms with Crippen molar-refractivity contribution in [3.8, 4) is 5.75 Å². The zero-order chi connectivity index (χ0) is 14.4. The van der Waals surface area contributed by atoms with E-state index in [4.69, 9.17) is 10.5 Å². The van der Waals surface area contributed by atoms with Crippen molar-refractivity contribution in [2.75, 3.05) is 7.11 Å². The Bertz CT molecular complexity index is 554. The van der Waals surface area contributed by atoms with Gasteiger partial charge >= 0.3 is 0 Å². The number of aromatic amines is 1. The second-order valence-electron chi connectivity index (χ2n) is 4.42. The number of benzene rings is 1. The Morgan fingerprint density at radius 2 is 2.30 bits per heavy atom. The van der Waals surface area contributed by atoms with Crippen LogP contribution in [0.25, 0.3) is 0 Å². The van der Waals surface area contributed by atoms with Crippen LogP contribution in [0.15, 0.2) is 36.8 Å². The minimum Gasteiger partial charge on any atom is -0.496 e. The Morgan fingerprint density at radius 3 is 3.00 bits per heavy atom. The number of amides is 1. The van der Waals surface area contributed by atoms with E-state index in [1.54, 1.807) is 19.6 Å². The van der Waals surface area contributed by atoms with Gasteiger partial charge in [0, 0.05) is 30.4 Å². The number of hydrogen-bond donors (Lipinski definition) is 3. The Hall–Kier alpha value is -2.34. The number of carbonyl (C=O) groups excluding carboxylic acids is 1. The maximum Gasteiger partial charge on any atom is 0.237 e. The van der Waals surface area contributed by atoms with Crippen LogP contribution in [0.4, 0.5) is 0 Å². The van der Waals surface area contributed by atoms with Gasteiger partial charge in [0.15, 0.2) is 0 Å². The highest BCUT2D eigenvalue weighted by atomic mass is 16.5. The van der Waals surface area contributed by atoms with Gasteiger partial charge in [0.05, 0.1) is 19.5 Å². The molecule has 2 rings (SSSR count). The van der Waals surface area contributed by atoms with Gasteiger partial charge in [-0.25, -0.2) is 4.98 Å². The lowest BCUT2D eigenvalue weighted by Gasteiger charge is -2.13. The van der Waals surface area contributed by atoms with Gasteiger partial charge in [-0.1, -0.05) is 18.2 Å². The van der Waals surface area contributed by atoms with Gasteiger partial charge in [0.1, 0.15) is 5.75 Å². The first kappa shape index (κ1) is 14.1. The average Bonchev–Trinajstić information content (AvgIpc) is 2.97. The van der Waals surface area contributed by atoms with Crippen LogP contribution in [-0.4, -0.2) is 29.0 Å². The normalized spacial score (nSPS) is 11.9. The molecule has 0 fully saturated rings. The van der Waals surface area contributed by atoms with E-state index in [0.717, 1.165) is 17.0 Å². The van der Waals surface area contributed by atoms with E-state index >= 15 is 0 Å². The second-order valence-corrected chi connectivity index (χ2v) is 4.42. The zero-order valence-electron chi connectivity index (χ0n) is 11.3. The van der Waals surface area contributed by atoms with Crippen LogP contribution in [0.5, 0.6) is 5.75 Å². The summed E-state index contributed by atoms with van der Waals surface area (Å²) in [7, 11) is 1.60. The molecule has 1 heterocycles. The maximum atomic E-state index is 11.9. The zero-order valence-corrected chi connectivity index (χ0v) is 11.3. The Morgan fingerprint density at radius 1 is 1.50 bits per heavy atom. The molecule has 1 aromatic carbocycles. The lowest BCUT2D eigenvalue weighted by molar-refractivity contribution is -0.122. The number of nitrogens with one attached hydrogen (secondary N) is 2. The van der Waals surface area contributed by atoms with Crippen LogP contribution in [-0.2, 0) is 17.8 Å². The van der Waals surface area contributed by atoms with E-state index in [1.807, 2.05) is 24.3 Å². The molecular weight excluding hydrogens is 256 g/mol. The molecule has 0 aliphatic carbocycles. The predicted molar refractivity (Wildman–Crippen MR) is 75.1 cm³/mol. The molecule has 0 saturated carbocycles. The van der Waals surface area contributed by atoms with Crippen LogP contribution < -0.4 is 15.8 Å². The quantitative estimate of drug-likeness (QED) is 0.719. The van der Waals surface area contributed by atoms with Crippen molar-refractivity contribution in [1.82, 2.24) is 15.3 Å². The highest BCUT2D eigenvalue weighted by molar-refractivity contribution is 5.81. The van der Waals surface area contributed by atoms with Crippen molar-refractivity contribution in [2.45, 2.75) is 19.0 Å². The number of H-pyrrole nitrogens is 1. The molecule has 0 spiro atoms. The summed E-state index contributed by atoms with van der Waals surface area (Å²) >= 11 is 0. The molecule has 1 atom stereocenters. The number of aromatic nitrogens is 2. The molecule has 6 heteroatoms. The van der Waals surface area contributed by atoms with E-state index < -0.39 is 6.04 Å².